The summed E-state index contributed by atoms with van der Waals surface area (Å²) in [4.78, 5) is 31.6. The first kappa shape index (κ1) is 32.4. The van der Waals surface area contributed by atoms with Crippen LogP contribution in [-0.4, -0.2) is 48.1 Å². The standard InChI is InChI=1S/C28H29F4N5O2.2ClH/c1-14-10-15(33)13-37(12-14)21-7-9-35-11-18(21)28(27(34)39)8-6-20(30)23(25(28)32)22-19(29)5-4-17(24(22)31)26(38)36-16-2-3-16;;/h4-9,11,14-16,25H,2-3,10,12-13,33H2,1H3,(H2,34,39)(H,36,38);2*1H/t14-,15+,25?,28?;;/m1../s1. The molecule has 2 heterocycles. The Morgan fingerprint density at radius 2 is 1.83 bits per heavy atom. The highest BCUT2D eigenvalue weighted by molar-refractivity contribution is 5.99. The molecule has 3 aliphatic rings. The molecule has 4 atom stereocenters. The van der Waals surface area contributed by atoms with Crippen molar-refractivity contribution < 1.29 is 27.2 Å². The van der Waals surface area contributed by atoms with Crippen molar-refractivity contribution in [3.05, 3.63) is 76.9 Å². The van der Waals surface area contributed by atoms with Gasteiger partial charge in [-0.25, -0.2) is 17.6 Å². The number of halogens is 6. The number of nitrogens with two attached hydrogens (primary N) is 2. The second kappa shape index (κ2) is 12.4. The van der Waals surface area contributed by atoms with Gasteiger partial charge in [0.05, 0.1) is 11.1 Å². The van der Waals surface area contributed by atoms with Crippen LogP contribution in [0.2, 0.25) is 0 Å². The van der Waals surface area contributed by atoms with Gasteiger partial charge in [-0.3, -0.25) is 14.6 Å². The number of hydrogen-bond donors (Lipinski definition) is 3. The Balaban J connectivity index is 0.00000231. The highest BCUT2D eigenvalue weighted by Gasteiger charge is 2.52. The highest BCUT2D eigenvalue weighted by Crippen LogP contribution is 2.48. The van der Waals surface area contributed by atoms with Gasteiger partial charge >= 0.3 is 0 Å². The molecule has 1 saturated heterocycles. The van der Waals surface area contributed by atoms with Gasteiger partial charge in [0.15, 0.2) is 6.17 Å². The third-order valence-corrected chi connectivity index (χ3v) is 7.60. The van der Waals surface area contributed by atoms with Gasteiger partial charge in [-0.15, -0.1) is 24.8 Å². The summed E-state index contributed by atoms with van der Waals surface area (Å²) < 4.78 is 62.8. The van der Waals surface area contributed by atoms with Gasteiger partial charge in [-0.2, -0.15) is 0 Å². The molecule has 5 rings (SSSR count). The van der Waals surface area contributed by atoms with E-state index in [0.29, 0.717) is 31.6 Å². The molecule has 1 saturated carbocycles. The van der Waals surface area contributed by atoms with E-state index in [2.05, 4.69) is 10.3 Å². The molecule has 2 fully saturated rings. The number of carbonyl (C=O) groups excluding carboxylic acids is 2. The molecular weight excluding hydrogens is 585 g/mol. The number of allylic oxidation sites excluding steroid dienone is 3. The third kappa shape index (κ3) is 5.80. The van der Waals surface area contributed by atoms with Crippen LogP contribution in [0.25, 0.3) is 5.57 Å². The van der Waals surface area contributed by atoms with Crippen LogP contribution in [0.15, 0.2) is 48.6 Å². The summed E-state index contributed by atoms with van der Waals surface area (Å²) in [5.74, 6) is -5.87. The minimum absolute atomic E-state index is 0. The van der Waals surface area contributed by atoms with Gasteiger partial charge in [0.1, 0.15) is 22.9 Å². The molecule has 1 aromatic carbocycles. The number of benzene rings is 1. The molecule has 0 bridgehead atoms. The van der Waals surface area contributed by atoms with Gasteiger partial charge in [0.25, 0.3) is 5.91 Å². The Hall–Kier alpha value is -3.15. The van der Waals surface area contributed by atoms with Crippen LogP contribution in [0, 0.1) is 17.6 Å². The molecule has 2 unspecified atom stereocenters. The molecule has 1 aromatic heterocycles. The largest absolute Gasteiger partial charge is 0.369 e. The van der Waals surface area contributed by atoms with Crippen molar-refractivity contribution >= 4 is 47.9 Å². The number of piperidine rings is 1. The smallest absolute Gasteiger partial charge is 0.254 e. The number of hydrogen-bond acceptors (Lipinski definition) is 5. The zero-order valence-corrected chi connectivity index (χ0v) is 23.7. The molecule has 2 aromatic rings. The first-order valence-electron chi connectivity index (χ1n) is 12.8. The molecule has 1 aliphatic heterocycles. The third-order valence-electron chi connectivity index (χ3n) is 7.60. The van der Waals surface area contributed by atoms with Crippen LogP contribution in [0.1, 0.15) is 47.7 Å². The van der Waals surface area contributed by atoms with Crippen LogP contribution in [0.3, 0.4) is 0 Å². The van der Waals surface area contributed by atoms with Crippen LogP contribution in [0.5, 0.6) is 0 Å². The van der Waals surface area contributed by atoms with Crippen molar-refractivity contribution in [2.75, 3.05) is 18.0 Å². The van der Waals surface area contributed by atoms with Crippen LogP contribution in [0.4, 0.5) is 23.2 Å². The average molecular weight is 616 g/mol. The number of aromatic nitrogens is 1. The maximum Gasteiger partial charge on any atom is 0.254 e. The van der Waals surface area contributed by atoms with Gasteiger partial charge in [0.2, 0.25) is 5.91 Å². The highest BCUT2D eigenvalue weighted by atomic mass is 35.5. The van der Waals surface area contributed by atoms with E-state index in [4.69, 9.17) is 11.5 Å². The number of pyridine rings is 1. The second-order valence-corrected chi connectivity index (χ2v) is 10.6. The Labute approximate surface area is 247 Å². The lowest BCUT2D eigenvalue weighted by molar-refractivity contribution is -0.123. The molecule has 13 heteroatoms. The van der Waals surface area contributed by atoms with E-state index in [1.807, 2.05) is 11.8 Å². The summed E-state index contributed by atoms with van der Waals surface area (Å²) in [5, 5.41) is 2.58. The number of rotatable bonds is 6. The first-order chi connectivity index (χ1) is 18.5. The molecule has 2 aliphatic carbocycles. The number of nitrogens with zero attached hydrogens (tertiary/aromatic N) is 2. The predicted molar refractivity (Wildman–Crippen MR) is 152 cm³/mol. The number of nitrogens with one attached hydrogen (secondary N) is 1. The van der Waals surface area contributed by atoms with Crippen molar-refractivity contribution in [1.29, 1.82) is 0 Å². The van der Waals surface area contributed by atoms with Crippen molar-refractivity contribution in [2.45, 2.75) is 49.9 Å². The number of amides is 2. The van der Waals surface area contributed by atoms with E-state index >= 15 is 17.6 Å². The topological polar surface area (TPSA) is 114 Å². The summed E-state index contributed by atoms with van der Waals surface area (Å²) in [7, 11) is 0. The lowest BCUT2D eigenvalue weighted by Gasteiger charge is -2.41. The van der Waals surface area contributed by atoms with Gasteiger partial charge in [-0.05, 0) is 49.5 Å². The van der Waals surface area contributed by atoms with Crippen LogP contribution >= 0.6 is 24.8 Å². The lowest BCUT2D eigenvalue weighted by atomic mass is 9.69. The average Bonchev–Trinajstić information content (AvgIpc) is 3.69. The van der Waals surface area contributed by atoms with Crippen molar-refractivity contribution in [3.63, 3.8) is 0 Å². The van der Waals surface area contributed by atoms with Gasteiger partial charge in [-0.1, -0.05) is 13.0 Å². The summed E-state index contributed by atoms with van der Waals surface area (Å²) in [5.41, 5.74) is 7.36. The van der Waals surface area contributed by atoms with E-state index in [1.54, 1.807) is 6.07 Å². The maximum absolute atomic E-state index is 16.7. The van der Waals surface area contributed by atoms with Crippen molar-refractivity contribution in [1.82, 2.24) is 10.3 Å². The molecule has 0 radical (unpaired) electrons. The quantitative estimate of drug-likeness (QED) is 0.420. The molecule has 5 N–H and O–H groups in total. The Morgan fingerprint density at radius 3 is 2.46 bits per heavy atom. The molecule has 0 spiro atoms. The summed E-state index contributed by atoms with van der Waals surface area (Å²) in [6, 6.07) is 2.93. The fourth-order valence-corrected chi connectivity index (χ4v) is 5.58. The number of anilines is 1. The minimum Gasteiger partial charge on any atom is -0.369 e. The Kier molecular flexibility index (Phi) is 9.77. The monoisotopic (exact) mass is 615 g/mol. The summed E-state index contributed by atoms with van der Waals surface area (Å²) in [6.07, 6.45) is 3.99. The molecule has 7 nitrogen and oxygen atoms in total. The predicted octanol–water partition coefficient (Wildman–Crippen LogP) is 4.28. The number of alkyl halides is 1. The Morgan fingerprint density at radius 1 is 1.12 bits per heavy atom. The van der Waals surface area contributed by atoms with Crippen molar-refractivity contribution in [2.24, 2.45) is 17.4 Å². The lowest BCUT2D eigenvalue weighted by Crippen LogP contribution is -2.51. The van der Waals surface area contributed by atoms with E-state index < -0.39 is 57.6 Å². The number of carbonyl (C=O) groups is 2. The first-order valence-corrected chi connectivity index (χ1v) is 12.8. The maximum atomic E-state index is 16.7. The van der Waals surface area contributed by atoms with Crippen molar-refractivity contribution in [3.8, 4) is 0 Å². The molecule has 41 heavy (non-hydrogen) atoms. The molecule has 2 amide bonds. The van der Waals surface area contributed by atoms with E-state index in [-0.39, 0.29) is 48.4 Å². The van der Waals surface area contributed by atoms with E-state index in [9.17, 15) is 9.59 Å². The SMILES string of the molecule is C[C@@H]1C[C@H](N)CN(c2ccncc2C2(C(N)=O)C=CC(F)=C(c3c(F)ccc(C(=O)NC4CC4)c3F)C2F)C1.Cl.Cl. The zero-order valence-electron chi connectivity index (χ0n) is 22.1. The Bertz CT molecular complexity index is 1390. The van der Waals surface area contributed by atoms with Gasteiger partial charge < -0.3 is 21.7 Å². The van der Waals surface area contributed by atoms with Crippen LogP contribution < -0.4 is 21.7 Å². The number of primary amides is 1. The molecule has 222 valence electrons. The van der Waals surface area contributed by atoms with Crippen LogP contribution in [-0.2, 0) is 10.2 Å². The molecular formula is C28H31Cl2F4N5O2. The fraction of sp³-hybridized carbons (Fsp3) is 0.393. The summed E-state index contributed by atoms with van der Waals surface area (Å²) >= 11 is 0. The minimum atomic E-state index is -2.65. The van der Waals surface area contributed by atoms with Gasteiger partial charge in [0, 0.05) is 54.4 Å². The zero-order chi connectivity index (χ0) is 28.1. The summed E-state index contributed by atoms with van der Waals surface area (Å²) in [6.45, 7) is 2.94. The van der Waals surface area contributed by atoms with E-state index in [0.717, 1.165) is 30.7 Å². The second-order valence-electron chi connectivity index (χ2n) is 10.6. The van der Waals surface area contributed by atoms with E-state index in [1.165, 1.54) is 12.4 Å². The fourth-order valence-electron chi connectivity index (χ4n) is 5.58. The normalized spacial score (nSPS) is 25.7.